The van der Waals surface area contributed by atoms with Crippen LogP contribution in [0.1, 0.15) is 13.3 Å². The molecule has 0 saturated carbocycles. The van der Waals surface area contributed by atoms with Gasteiger partial charge in [-0.3, -0.25) is 9.59 Å². The molecule has 0 spiro atoms. The summed E-state index contributed by atoms with van der Waals surface area (Å²) in [4.78, 5) is 21.2. The second-order valence-corrected chi connectivity index (χ2v) is 3.71. The summed E-state index contributed by atoms with van der Waals surface area (Å²) in [6.07, 6.45) is 0.783. The fraction of sp³-hybridized carbons (Fsp3) is 0.750. The third-order valence-corrected chi connectivity index (χ3v) is 2.34. The number of carboxylic acid groups (broad SMARTS) is 1. The van der Waals surface area contributed by atoms with Crippen LogP contribution in [0.15, 0.2) is 0 Å². The number of aliphatic carboxylic acids is 1. The number of esters is 1. The minimum Gasteiger partial charge on any atom is -0.480 e. The highest BCUT2D eigenvalue weighted by molar-refractivity contribution is 8.00. The molecular formula is C8H15NO4S. The summed E-state index contributed by atoms with van der Waals surface area (Å²) in [5.74, 6) is -1.01. The molecule has 6 heteroatoms. The molecule has 82 valence electrons. The smallest absolute Gasteiger partial charge is 0.321 e. The number of carboxylic acids is 1. The van der Waals surface area contributed by atoms with Gasteiger partial charge in [0.05, 0.1) is 12.4 Å². The van der Waals surface area contributed by atoms with Crippen molar-refractivity contribution < 1.29 is 19.4 Å². The lowest BCUT2D eigenvalue weighted by Crippen LogP contribution is -2.32. The van der Waals surface area contributed by atoms with Crippen LogP contribution < -0.4 is 5.73 Å². The van der Waals surface area contributed by atoms with E-state index in [9.17, 15) is 9.59 Å². The summed E-state index contributed by atoms with van der Waals surface area (Å²) >= 11 is 1.17. The van der Waals surface area contributed by atoms with Gasteiger partial charge in [-0.1, -0.05) is 6.92 Å². The first-order valence-electron chi connectivity index (χ1n) is 4.29. The Kier molecular flexibility index (Phi) is 7.23. The molecule has 0 rings (SSSR count). The quantitative estimate of drug-likeness (QED) is 0.592. The Balaban J connectivity index is 3.44. The lowest BCUT2D eigenvalue weighted by Gasteiger charge is -2.05. The molecule has 0 radical (unpaired) electrons. The monoisotopic (exact) mass is 221 g/mol. The molecule has 0 amide bonds. The molecule has 0 fully saturated rings. The third kappa shape index (κ3) is 6.73. The average Bonchev–Trinajstić information content (AvgIpc) is 2.14. The van der Waals surface area contributed by atoms with E-state index in [2.05, 4.69) is 0 Å². The fourth-order valence-electron chi connectivity index (χ4n) is 0.598. The lowest BCUT2D eigenvalue weighted by molar-refractivity contribution is -0.140. The van der Waals surface area contributed by atoms with Crippen LogP contribution >= 0.6 is 11.8 Å². The van der Waals surface area contributed by atoms with Crippen LogP contribution in [0.4, 0.5) is 0 Å². The van der Waals surface area contributed by atoms with Gasteiger partial charge in [0, 0.05) is 5.75 Å². The predicted molar refractivity (Wildman–Crippen MR) is 54.2 cm³/mol. The number of hydrogen-bond donors (Lipinski definition) is 2. The van der Waals surface area contributed by atoms with Gasteiger partial charge in [0.1, 0.15) is 6.04 Å². The van der Waals surface area contributed by atoms with E-state index in [4.69, 9.17) is 15.6 Å². The molecule has 0 aliphatic rings. The van der Waals surface area contributed by atoms with Crippen LogP contribution in [0, 0.1) is 0 Å². The summed E-state index contributed by atoms with van der Waals surface area (Å²) in [5.41, 5.74) is 5.23. The molecule has 3 N–H and O–H groups in total. The van der Waals surface area contributed by atoms with E-state index < -0.39 is 12.0 Å². The molecule has 0 unspecified atom stereocenters. The first kappa shape index (κ1) is 13.2. The second kappa shape index (κ2) is 7.64. The molecule has 0 aromatic heterocycles. The predicted octanol–water partition coefficient (Wildman–Crippen LogP) is 0.0847. The lowest BCUT2D eigenvalue weighted by atomic mass is 10.4. The van der Waals surface area contributed by atoms with E-state index in [1.807, 2.05) is 6.92 Å². The van der Waals surface area contributed by atoms with E-state index in [-0.39, 0.29) is 17.5 Å². The third-order valence-electron chi connectivity index (χ3n) is 1.30. The Labute approximate surface area is 87.0 Å². The minimum atomic E-state index is -1.06. The van der Waals surface area contributed by atoms with Crippen LogP contribution in [-0.4, -0.2) is 41.2 Å². The van der Waals surface area contributed by atoms with E-state index in [1.54, 1.807) is 0 Å². The standard InChI is InChI=1S/C8H15NO4S/c1-2-3-13-7(10)5-14-4-6(9)8(11)12/h6H,2-5,9H2,1H3,(H,11,12)/t6-/m0/s1. The molecule has 14 heavy (non-hydrogen) atoms. The average molecular weight is 221 g/mol. The van der Waals surface area contributed by atoms with E-state index in [1.165, 1.54) is 11.8 Å². The Morgan fingerprint density at radius 3 is 2.71 bits per heavy atom. The highest BCUT2D eigenvalue weighted by atomic mass is 32.2. The molecule has 0 saturated heterocycles. The molecule has 1 atom stereocenters. The van der Waals surface area contributed by atoms with Gasteiger partial charge in [-0.05, 0) is 6.42 Å². The van der Waals surface area contributed by atoms with Crippen molar-refractivity contribution in [3.8, 4) is 0 Å². The van der Waals surface area contributed by atoms with Crippen molar-refractivity contribution in [2.75, 3.05) is 18.1 Å². The number of carbonyl (C=O) groups excluding carboxylic acids is 1. The second-order valence-electron chi connectivity index (χ2n) is 2.68. The van der Waals surface area contributed by atoms with Gasteiger partial charge in [0.25, 0.3) is 0 Å². The maximum Gasteiger partial charge on any atom is 0.321 e. The largest absolute Gasteiger partial charge is 0.480 e. The summed E-state index contributed by atoms with van der Waals surface area (Å²) in [6.45, 7) is 2.31. The highest BCUT2D eigenvalue weighted by Crippen LogP contribution is 2.02. The highest BCUT2D eigenvalue weighted by Gasteiger charge is 2.12. The first-order chi connectivity index (χ1) is 6.57. The minimum absolute atomic E-state index is 0.154. The maximum absolute atomic E-state index is 10.9. The number of nitrogens with two attached hydrogens (primary N) is 1. The van der Waals surface area contributed by atoms with Crippen molar-refractivity contribution in [1.82, 2.24) is 0 Å². The van der Waals surface area contributed by atoms with Crippen molar-refractivity contribution in [2.24, 2.45) is 5.73 Å². The van der Waals surface area contributed by atoms with Gasteiger partial charge in [-0.25, -0.2) is 0 Å². The van der Waals surface area contributed by atoms with Crippen molar-refractivity contribution in [3.63, 3.8) is 0 Å². The van der Waals surface area contributed by atoms with E-state index in [0.717, 1.165) is 6.42 Å². The molecule has 5 nitrogen and oxygen atoms in total. The Bertz CT molecular complexity index is 198. The van der Waals surface area contributed by atoms with Crippen molar-refractivity contribution in [1.29, 1.82) is 0 Å². The van der Waals surface area contributed by atoms with E-state index in [0.29, 0.717) is 6.61 Å². The maximum atomic E-state index is 10.9. The van der Waals surface area contributed by atoms with Crippen LogP contribution in [-0.2, 0) is 14.3 Å². The van der Waals surface area contributed by atoms with Crippen LogP contribution in [0.3, 0.4) is 0 Å². The number of carbonyl (C=O) groups is 2. The molecule has 0 aliphatic heterocycles. The van der Waals surface area contributed by atoms with Gasteiger partial charge in [-0.2, -0.15) is 0 Å². The van der Waals surface area contributed by atoms with Gasteiger partial charge >= 0.3 is 11.9 Å². The SMILES string of the molecule is CCCOC(=O)CSC[C@H](N)C(=O)O. The number of rotatable bonds is 7. The fourth-order valence-corrected chi connectivity index (χ4v) is 1.36. The van der Waals surface area contributed by atoms with Crippen LogP contribution in [0.2, 0.25) is 0 Å². The molecule has 0 aromatic carbocycles. The van der Waals surface area contributed by atoms with Crippen LogP contribution in [0.5, 0.6) is 0 Å². The van der Waals surface area contributed by atoms with Gasteiger partial charge in [0.15, 0.2) is 0 Å². The van der Waals surface area contributed by atoms with Crippen molar-refractivity contribution in [2.45, 2.75) is 19.4 Å². The molecule has 0 aliphatic carbocycles. The zero-order valence-corrected chi connectivity index (χ0v) is 8.88. The Hall–Kier alpha value is -0.750. The normalized spacial score (nSPS) is 12.1. The zero-order chi connectivity index (χ0) is 11.0. The van der Waals surface area contributed by atoms with Gasteiger partial charge in [0.2, 0.25) is 0 Å². The van der Waals surface area contributed by atoms with Gasteiger partial charge in [-0.15, -0.1) is 11.8 Å². The summed E-state index contributed by atoms with van der Waals surface area (Å²) < 4.78 is 4.79. The number of thioether (sulfide) groups is 1. The van der Waals surface area contributed by atoms with Crippen molar-refractivity contribution in [3.05, 3.63) is 0 Å². The summed E-state index contributed by atoms with van der Waals surface area (Å²) in [7, 11) is 0. The number of ether oxygens (including phenoxy) is 1. The van der Waals surface area contributed by atoms with E-state index >= 15 is 0 Å². The summed E-state index contributed by atoms with van der Waals surface area (Å²) in [5, 5.41) is 8.43. The number of hydrogen-bond acceptors (Lipinski definition) is 5. The Morgan fingerprint density at radius 2 is 2.21 bits per heavy atom. The molecule has 0 heterocycles. The topological polar surface area (TPSA) is 89.6 Å². The van der Waals surface area contributed by atoms with Crippen LogP contribution in [0.25, 0.3) is 0 Å². The first-order valence-corrected chi connectivity index (χ1v) is 5.45. The zero-order valence-electron chi connectivity index (χ0n) is 8.06. The molecular weight excluding hydrogens is 206 g/mol. The van der Waals surface area contributed by atoms with Gasteiger partial charge < -0.3 is 15.6 Å². The molecule has 0 bridgehead atoms. The molecule has 0 aromatic rings. The summed E-state index contributed by atoms with van der Waals surface area (Å²) in [6, 6.07) is -0.918. The van der Waals surface area contributed by atoms with Crippen molar-refractivity contribution >= 4 is 23.7 Å². The Morgan fingerprint density at radius 1 is 1.57 bits per heavy atom.